The van der Waals surface area contributed by atoms with Crippen LogP contribution in [0.3, 0.4) is 0 Å². The molecule has 80 valence electrons. The van der Waals surface area contributed by atoms with Gasteiger partial charge in [0, 0.05) is 6.42 Å². The third kappa shape index (κ3) is 4.31. The van der Waals surface area contributed by atoms with Crippen molar-refractivity contribution in [2.45, 2.75) is 19.4 Å². The van der Waals surface area contributed by atoms with Gasteiger partial charge >= 0.3 is 6.16 Å². The Bertz CT molecular complexity index is 319. The fraction of sp³-hybridized carbons (Fsp3) is 0.250. The van der Waals surface area contributed by atoms with Crippen LogP contribution in [-0.2, 0) is 15.9 Å². The van der Waals surface area contributed by atoms with E-state index in [1.165, 1.54) is 0 Å². The van der Waals surface area contributed by atoms with Gasteiger partial charge in [-0.3, -0.25) is 0 Å². The van der Waals surface area contributed by atoms with Crippen LogP contribution in [0.2, 0.25) is 0 Å². The maximum absolute atomic E-state index is 10.9. The summed E-state index contributed by atoms with van der Waals surface area (Å²) >= 11 is 0. The molecular weight excluding hydrogens is 192 g/mol. The summed E-state index contributed by atoms with van der Waals surface area (Å²) in [4.78, 5) is 10.9. The second kappa shape index (κ2) is 5.86. The van der Waals surface area contributed by atoms with Gasteiger partial charge < -0.3 is 9.47 Å². The molecule has 1 aromatic rings. The van der Waals surface area contributed by atoms with E-state index in [2.05, 4.69) is 11.3 Å². The molecule has 3 heteroatoms. The normalized spacial score (nSPS) is 11.5. The van der Waals surface area contributed by atoms with E-state index < -0.39 is 6.16 Å². The molecule has 0 aliphatic heterocycles. The van der Waals surface area contributed by atoms with Gasteiger partial charge in [-0.2, -0.15) is 0 Å². The first-order chi connectivity index (χ1) is 7.22. The third-order valence-corrected chi connectivity index (χ3v) is 1.84. The van der Waals surface area contributed by atoms with E-state index in [1.807, 2.05) is 37.3 Å². The van der Waals surface area contributed by atoms with Crippen LogP contribution in [0.1, 0.15) is 12.5 Å². The molecule has 0 saturated heterocycles. The number of carbonyl (C=O) groups excluding carboxylic acids is 1. The molecule has 0 aliphatic carbocycles. The minimum atomic E-state index is -0.714. The molecule has 0 bridgehead atoms. The fourth-order valence-corrected chi connectivity index (χ4v) is 1.25. The zero-order valence-electron chi connectivity index (χ0n) is 8.68. The lowest BCUT2D eigenvalue weighted by Gasteiger charge is -2.11. The van der Waals surface area contributed by atoms with E-state index in [9.17, 15) is 4.79 Å². The van der Waals surface area contributed by atoms with Gasteiger partial charge in [-0.15, -0.1) is 0 Å². The van der Waals surface area contributed by atoms with E-state index in [1.54, 1.807) is 0 Å². The molecule has 0 N–H and O–H groups in total. The average Bonchev–Trinajstić information content (AvgIpc) is 2.19. The minimum Gasteiger partial charge on any atom is -0.431 e. The van der Waals surface area contributed by atoms with Crippen LogP contribution < -0.4 is 0 Å². The molecular formula is C12H14O3. The first-order valence-electron chi connectivity index (χ1n) is 4.74. The van der Waals surface area contributed by atoms with Crippen molar-refractivity contribution in [2.24, 2.45) is 0 Å². The Balaban J connectivity index is 2.39. The van der Waals surface area contributed by atoms with E-state index in [0.29, 0.717) is 6.42 Å². The topological polar surface area (TPSA) is 35.5 Å². The smallest absolute Gasteiger partial charge is 0.431 e. The van der Waals surface area contributed by atoms with Crippen LogP contribution in [-0.4, -0.2) is 12.3 Å². The second-order valence-electron chi connectivity index (χ2n) is 3.15. The van der Waals surface area contributed by atoms with Gasteiger partial charge in [0.05, 0.1) is 6.26 Å². The molecule has 0 amide bonds. The summed E-state index contributed by atoms with van der Waals surface area (Å²) in [5.41, 5.74) is 1.12. The summed E-state index contributed by atoms with van der Waals surface area (Å²) in [6.07, 6.45) is 0.804. The van der Waals surface area contributed by atoms with E-state index in [4.69, 9.17) is 4.74 Å². The number of hydrogen-bond acceptors (Lipinski definition) is 3. The Morgan fingerprint density at radius 2 is 2.13 bits per heavy atom. The minimum absolute atomic E-state index is 0.208. The maximum Gasteiger partial charge on any atom is 0.513 e. The predicted molar refractivity (Wildman–Crippen MR) is 57.4 cm³/mol. The lowest BCUT2D eigenvalue weighted by molar-refractivity contribution is 0.0539. The average molecular weight is 206 g/mol. The van der Waals surface area contributed by atoms with Crippen molar-refractivity contribution in [3.8, 4) is 0 Å². The summed E-state index contributed by atoms with van der Waals surface area (Å²) < 4.78 is 9.42. The van der Waals surface area contributed by atoms with Crippen molar-refractivity contribution < 1.29 is 14.3 Å². The molecule has 1 aromatic carbocycles. The summed E-state index contributed by atoms with van der Waals surface area (Å²) in [6, 6.07) is 9.81. The Hall–Kier alpha value is -1.77. The molecule has 0 radical (unpaired) electrons. The van der Waals surface area contributed by atoms with Gasteiger partial charge in [0.2, 0.25) is 0 Å². The van der Waals surface area contributed by atoms with Gasteiger partial charge in [-0.25, -0.2) is 4.79 Å². The highest BCUT2D eigenvalue weighted by molar-refractivity contribution is 5.60. The zero-order chi connectivity index (χ0) is 11.1. The molecule has 3 nitrogen and oxygen atoms in total. The second-order valence-corrected chi connectivity index (χ2v) is 3.15. The summed E-state index contributed by atoms with van der Waals surface area (Å²) in [5, 5.41) is 0. The van der Waals surface area contributed by atoms with Crippen molar-refractivity contribution in [1.29, 1.82) is 0 Å². The third-order valence-electron chi connectivity index (χ3n) is 1.84. The van der Waals surface area contributed by atoms with E-state index in [-0.39, 0.29) is 6.10 Å². The largest absolute Gasteiger partial charge is 0.513 e. The Morgan fingerprint density at radius 3 is 2.73 bits per heavy atom. The van der Waals surface area contributed by atoms with Gasteiger partial charge in [0.15, 0.2) is 0 Å². The standard InChI is InChI=1S/C12H14O3/c1-3-14-12(13)15-10(2)9-11-7-5-4-6-8-11/h3-8,10H,1,9H2,2H3. The van der Waals surface area contributed by atoms with Gasteiger partial charge in [-0.1, -0.05) is 36.9 Å². The zero-order valence-corrected chi connectivity index (χ0v) is 8.68. The fourth-order valence-electron chi connectivity index (χ4n) is 1.25. The van der Waals surface area contributed by atoms with Crippen molar-refractivity contribution >= 4 is 6.16 Å². The molecule has 0 spiro atoms. The van der Waals surface area contributed by atoms with Crippen molar-refractivity contribution in [3.63, 3.8) is 0 Å². The number of hydrogen-bond donors (Lipinski definition) is 0. The number of rotatable bonds is 4. The molecule has 0 aromatic heterocycles. The van der Waals surface area contributed by atoms with Crippen LogP contribution in [0.15, 0.2) is 43.2 Å². The molecule has 1 rings (SSSR count). The van der Waals surface area contributed by atoms with Crippen LogP contribution >= 0.6 is 0 Å². The van der Waals surface area contributed by atoms with Crippen LogP contribution in [0.25, 0.3) is 0 Å². The quantitative estimate of drug-likeness (QED) is 0.561. The lowest BCUT2D eigenvalue weighted by Crippen LogP contribution is -2.16. The molecule has 1 atom stereocenters. The molecule has 1 unspecified atom stereocenters. The molecule has 0 aliphatic rings. The van der Waals surface area contributed by atoms with Crippen LogP contribution in [0.5, 0.6) is 0 Å². The SMILES string of the molecule is C=COC(=O)OC(C)Cc1ccccc1. The Labute approximate surface area is 89.3 Å². The van der Waals surface area contributed by atoms with Crippen LogP contribution in [0.4, 0.5) is 4.79 Å². The van der Waals surface area contributed by atoms with Crippen molar-refractivity contribution in [3.05, 3.63) is 48.7 Å². The first-order valence-corrected chi connectivity index (χ1v) is 4.74. The number of benzene rings is 1. The highest BCUT2D eigenvalue weighted by Crippen LogP contribution is 2.06. The van der Waals surface area contributed by atoms with Gasteiger partial charge in [0.25, 0.3) is 0 Å². The molecule has 0 saturated carbocycles. The summed E-state index contributed by atoms with van der Waals surface area (Å²) in [6.45, 7) is 5.09. The Morgan fingerprint density at radius 1 is 1.47 bits per heavy atom. The molecule has 15 heavy (non-hydrogen) atoms. The number of carbonyl (C=O) groups is 1. The van der Waals surface area contributed by atoms with E-state index in [0.717, 1.165) is 11.8 Å². The maximum atomic E-state index is 10.9. The summed E-state index contributed by atoms with van der Waals surface area (Å²) in [5.74, 6) is 0. The highest BCUT2D eigenvalue weighted by Gasteiger charge is 2.09. The Kier molecular flexibility index (Phi) is 4.41. The number of ether oxygens (including phenoxy) is 2. The highest BCUT2D eigenvalue weighted by atomic mass is 16.7. The van der Waals surface area contributed by atoms with Gasteiger partial charge in [0.1, 0.15) is 6.10 Å². The monoisotopic (exact) mass is 206 g/mol. The first kappa shape index (κ1) is 11.3. The lowest BCUT2D eigenvalue weighted by atomic mass is 10.1. The molecule has 0 fully saturated rings. The van der Waals surface area contributed by atoms with Crippen molar-refractivity contribution in [2.75, 3.05) is 0 Å². The van der Waals surface area contributed by atoms with Crippen molar-refractivity contribution in [1.82, 2.24) is 0 Å². The molecule has 0 heterocycles. The predicted octanol–water partition coefficient (Wildman–Crippen LogP) is 2.91. The van der Waals surface area contributed by atoms with E-state index >= 15 is 0 Å². The van der Waals surface area contributed by atoms with Crippen LogP contribution in [0, 0.1) is 0 Å². The van der Waals surface area contributed by atoms with Gasteiger partial charge in [-0.05, 0) is 12.5 Å². The summed E-state index contributed by atoms with van der Waals surface area (Å²) in [7, 11) is 0.